The monoisotopic (exact) mass is 284 g/mol. The highest BCUT2D eigenvalue weighted by molar-refractivity contribution is 5.91. The maximum Gasteiger partial charge on any atom is 0.338 e. The molecule has 3 N–H and O–H groups in total. The van der Waals surface area contributed by atoms with E-state index in [-0.39, 0.29) is 11.7 Å². The van der Waals surface area contributed by atoms with Crippen molar-refractivity contribution in [1.29, 1.82) is 0 Å². The summed E-state index contributed by atoms with van der Waals surface area (Å²) in [5.41, 5.74) is -0.269. The van der Waals surface area contributed by atoms with Gasteiger partial charge in [0.25, 0.3) is 0 Å². The van der Waals surface area contributed by atoms with Crippen molar-refractivity contribution in [2.45, 2.75) is 19.9 Å². The molecule has 1 aromatic rings. The lowest BCUT2D eigenvalue weighted by molar-refractivity contribution is 0.0692. The molecule has 0 radical (unpaired) electrons. The molecule has 0 saturated carbocycles. The van der Waals surface area contributed by atoms with Crippen LogP contribution < -0.4 is 10.6 Å². The zero-order chi connectivity index (χ0) is 15.1. The molecule has 1 rings (SSSR count). The summed E-state index contributed by atoms with van der Waals surface area (Å²) >= 11 is 0. The first kappa shape index (κ1) is 15.9. The molecule has 0 bridgehead atoms. The normalized spacial score (nSPS) is 11.8. The third-order valence-electron chi connectivity index (χ3n) is 2.41. The fourth-order valence-electron chi connectivity index (χ4n) is 1.49. The standard InChI is InChI=1S/C13H17FN2O4/c1-3-20-7-8(2)15-13(19)16-9-4-5-10(12(17)18)11(14)6-9/h4-6,8H,3,7H2,1-2H3,(H,17,18)(H2,15,16,19). The molecule has 0 aliphatic heterocycles. The minimum Gasteiger partial charge on any atom is -0.478 e. The first-order chi connectivity index (χ1) is 9.43. The van der Waals surface area contributed by atoms with E-state index in [1.165, 1.54) is 6.07 Å². The fraction of sp³-hybridized carbons (Fsp3) is 0.385. The van der Waals surface area contributed by atoms with Gasteiger partial charge >= 0.3 is 12.0 Å². The Morgan fingerprint density at radius 2 is 2.15 bits per heavy atom. The molecule has 7 heteroatoms. The number of carbonyl (C=O) groups excluding carboxylic acids is 1. The van der Waals surface area contributed by atoms with Gasteiger partial charge in [-0.1, -0.05) is 0 Å². The van der Waals surface area contributed by atoms with Gasteiger partial charge in [0.2, 0.25) is 0 Å². The molecule has 20 heavy (non-hydrogen) atoms. The maximum absolute atomic E-state index is 13.4. The van der Waals surface area contributed by atoms with Gasteiger partial charge in [-0.15, -0.1) is 0 Å². The molecule has 110 valence electrons. The Morgan fingerprint density at radius 1 is 1.45 bits per heavy atom. The number of carboxylic acid groups (broad SMARTS) is 1. The van der Waals surface area contributed by atoms with Crippen LogP contribution in [0, 0.1) is 5.82 Å². The number of hydrogen-bond acceptors (Lipinski definition) is 3. The van der Waals surface area contributed by atoms with E-state index in [9.17, 15) is 14.0 Å². The minimum absolute atomic E-state index is 0.175. The van der Waals surface area contributed by atoms with Crippen molar-refractivity contribution in [2.75, 3.05) is 18.5 Å². The number of carbonyl (C=O) groups is 2. The topological polar surface area (TPSA) is 87.7 Å². The fourth-order valence-corrected chi connectivity index (χ4v) is 1.49. The zero-order valence-corrected chi connectivity index (χ0v) is 11.3. The lowest BCUT2D eigenvalue weighted by Crippen LogP contribution is -2.38. The van der Waals surface area contributed by atoms with Crippen molar-refractivity contribution in [3.8, 4) is 0 Å². The predicted octanol–water partition coefficient (Wildman–Crippen LogP) is 2.07. The van der Waals surface area contributed by atoms with Gasteiger partial charge in [-0.05, 0) is 32.0 Å². The van der Waals surface area contributed by atoms with Crippen LogP contribution in [0.3, 0.4) is 0 Å². The second kappa shape index (κ2) is 7.44. The average molecular weight is 284 g/mol. The molecule has 1 unspecified atom stereocenters. The summed E-state index contributed by atoms with van der Waals surface area (Å²) in [6.45, 7) is 4.54. The van der Waals surface area contributed by atoms with Crippen LogP contribution in [-0.2, 0) is 4.74 Å². The SMILES string of the molecule is CCOCC(C)NC(=O)Nc1ccc(C(=O)O)c(F)c1. The van der Waals surface area contributed by atoms with Crippen LogP contribution in [0.5, 0.6) is 0 Å². The third kappa shape index (κ3) is 4.85. The smallest absolute Gasteiger partial charge is 0.338 e. The van der Waals surface area contributed by atoms with E-state index < -0.39 is 23.4 Å². The predicted molar refractivity (Wildman–Crippen MR) is 71.5 cm³/mol. The molecule has 0 fully saturated rings. The zero-order valence-electron chi connectivity index (χ0n) is 11.3. The summed E-state index contributed by atoms with van der Waals surface area (Å²) < 4.78 is 18.5. The molecule has 0 aromatic heterocycles. The average Bonchev–Trinajstić information content (AvgIpc) is 2.35. The number of hydrogen-bond donors (Lipinski definition) is 3. The first-order valence-electron chi connectivity index (χ1n) is 6.12. The van der Waals surface area contributed by atoms with Crippen molar-refractivity contribution < 1.29 is 23.8 Å². The first-order valence-corrected chi connectivity index (χ1v) is 6.12. The lowest BCUT2D eigenvalue weighted by atomic mass is 10.2. The van der Waals surface area contributed by atoms with Crippen molar-refractivity contribution in [3.63, 3.8) is 0 Å². The molecule has 0 spiro atoms. The van der Waals surface area contributed by atoms with E-state index in [0.717, 1.165) is 12.1 Å². The van der Waals surface area contributed by atoms with Gasteiger partial charge in [0.05, 0.1) is 18.2 Å². The molecule has 0 aliphatic carbocycles. The highest BCUT2D eigenvalue weighted by Gasteiger charge is 2.12. The van der Waals surface area contributed by atoms with Crippen LogP contribution in [0.1, 0.15) is 24.2 Å². The largest absolute Gasteiger partial charge is 0.478 e. The number of aromatic carboxylic acids is 1. The summed E-state index contributed by atoms with van der Waals surface area (Å²) in [6, 6.07) is 2.66. The quantitative estimate of drug-likeness (QED) is 0.746. The second-order valence-electron chi connectivity index (χ2n) is 4.16. The van der Waals surface area contributed by atoms with Crippen molar-refractivity contribution in [2.24, 2.45) is 0 Å². The van der Waals surface area contributed by atoms with Gasteiger partial charge in [0, 0.05) is 12.3 Å². The Morgan fingerprint density at radius 3 is 2.70 bits per heavy atom. The van der Waals surface area contributed by atoms with Crippen molar-refractivity contribution >= 4 is 17.7 Å². The number of nitrogens with one attached hydrogen (secondary N) is 2. The second-order valence-corrected chi connectivity index (χ2v) is 4.16. The molecular weight excluding hydrogens is 267 g/mol. The van der Waals surface area contributed by atoms with Crippen LogP contribution >= 0.6 is 0 Å². The summed E-state index contributed by atoms with van der Waals surface area (Å²) in [5.74, 6) is -2.26. The Hall–Kier alpha value is -2.15. The van der Waals surface area contributed by atoms with Crippen LogP contribution in [0.4, 0.5) is 14.9 Å². The summed E-state index contributed by atoms with van der Waals surface area (Å²) in [7, 11) is 0. The van der Waals surface area contributed by atoms with Gasteiger partial charge < -0.3 is 20.5 Å². The molecule has 0 aliphatic rings. The Labute approximate surface area is 115 Å². The lowest BCUT2D eigenvalue weighted by Gasteiger charge is -2.14. The number of halogens is 1. The molecule has 0 heterocycles. The van der Waals surface area contributed by atoms with Gasteiger partial charge in [0.1, 0.15) is 5.82 Å². The Kier molecular flexibility index (Phi) is 5.92. The minimum atomic E-state index is -1.36. The number of rotatable bonds is 6. The highest BCUT2D eigenvalue weighted by atomic mass is 19.1. The Balaban J connectivity index is 2.58. The highest BCUT2D eigenvalue weighted by Crippen LogP contribution is 2.14. The van der Waals surface area contributed by atoms with Crippen LogP contribution in [0.2, 0.25) is 0 Å². The number of ether oxygens (including phenoxy) is 1. The van der Waals surface area contributed by atoms with Gasteiger partial charge in [-0.25, -0.2) is 14.0 Å². The number of benzene rings is 1. The van der Waals surface area contributed by atoms with Crippen LogP contribution in [0.15, 0.2) is 18.2 Å². The van der Waals surface area contributed by atoms with E-state index in [1.54, 1.807) is 6.92 Å². The van der Waals surface area contributed by atoms with Gasteiger partial charge in [-0.2, -0.15) is 0 Å². The molecule has 0 saturated heterocycles. The van der Waals surface area contributed by atoms with E-state index in [2.05, 4.69) is 10.6 Å². The molecule has 2 amide bonds. The third-order valence-corrected chi connectivity index (χ3v) is 2.41. The maximum atomic E-state index is 13.4. The number of carboxylic acids is 1. The van der Waals surface area contributed by atoms with E-state index >= 15 is 0 Å². The van der Waals surface area contributed by atoms with E-state index in [4.69, 9.17) is 9.84 Å². The van der Waals surface area contributed by atoms with Gasteiger partial charge in [0.15, 0.2) is 0 Å². The van der Waals surface area contributed by atoms with Gasteiger partial charge in [-0.3, -0.25) is 0 Å². The number of amides is 2. The van der Waals surface area contributed by atoms with E-state index in [1.807, 2.05) is 6.92 Å². The summed E-state index contributed by atoms with van der Waals surface area (Å²) in [6.07, 6.45) is 0. The number of anilines is 1. The molecule has 6 nitrogen and oxygen atoms in total. The van der Waals surface area contributed by atoms with E-state index in [0.29, 0.717) is 13.2 Å². The Bertz CT molecular complexity index is 493. The molecular formula is C13H17FN2O4. The summed E-state index contributed by atoms with van der Waals surface area (Å²) in [5, 5.41) is 13.7. The van der Waals surface area contributed by atoms with Crippen molar-refractivity contribution in [3.05, 3.63) is 29.6 Å². The molecule has 1 atom stereocenters. The molecule has 1 aromatic carbocycles. The van der Waals surface area contributed by atoms with Crippen LogP contribution in [0.25, 0.3) is 0 Å². The van der Waals surface area contributed by atoms with Crippen molar-refractivity contribution in [1.82, 2.24) is 5.32 Å². The number of urea groups is 1. The van der Waals surface area contributed by atoms with Crippen LogP contribution in [-0.4, -0.2) is 36.4 Å². The summed E-state index contributed by atoms with van der Waals surface area (Å²) in [4.78, 5) is 22.2.